The minimum absolute atomic E-state index is 0.0403. The van der Waals surface area contributed by atoms with E-state index >= 15 is 0 Å². The molecule has 5 nitrogen and oxygen atoms in total. The highest BCUT2D eigenvalue weighted by Gasteiger charge is 2.21. The molecule has 0 atom stereocenters. The molecule has 0 saturated carbocycles. The van der Waals surface area contributed by atoms with Crippen LogP contribution in [-0.4, -0.2) is 13.4 Å². The third kappa shape index (κ3) is 3.72. The first-order chi connectivity index (χ1) is 11.9. The number of anilines is 1. The Morgan fingerprint density at radius 1 is 1.00 bits per heavy atom. The number of rotatable bonds is 4. The number of pyridine rings is 1. The molecule has 128 valence electrons. The van der Waals surface area contributed by atoms with Gasteiger partial charge >= 0.3 is 0 Å². The van der Waals surface area contributed by atoms with Crippen LogP contribution in [0.25, 0.3) is 11.1 Å². The van der Waals surface area contributed by atoms with E-state index in [2.05, 4.69) is 9.71 Å². The molecule has 0 aliphatic carbocycles. The van der Waals surface area contributed by atoms with E-state index in [0.29, 0.717) is 5.56 Å². The molecular weight excluding hydrogens is 367 g/mol. The normalized spacial score (nSPS) is 11.3. The van der Waals surface area contributed by atoms with Crippen molar-refractivity contribution in [3.63, 3.8) is 0 Å². The summed E-state index contributed by atoms with van der Waals surface area (Å²) in [5.41, 5.74) is 0.306. The summed E-state index contributed by atoms with van der Waals surface area (Å²) in [6, 6.07) is 14.1. The average molecular weight is 379 g/mol. The highest BCUT2D eigenvalue weighted by molar-refractivity contribution is 7.92. The molecule has 8 heteroatoms. The topological polar surface area (TPSA) is 79.0 Å². The molecule has 1 aromatic heterocycles. The monoisotopic (exact) mass is 378 g/mol. The molecule has 0 spiro atoms. The van der Waals surface area contributed by atoms with Gasteiger partial charge in [0.25, 0.3) is 15.6 Å². The van der Waals surface area contributed by atoms with E-state index in [1.807, 2.05) is 30.3 Å². The lowest BCUT2D eigenvalue weighted by atomic mass is 10.1. The average Bonchev–Trinajstić information content (AvgIpc) is 2.59. The van der Waals surface area contributed by atoms with Crippen molar-refractivity contribution < 1.29 is 12.8 Å². The summed E-state index contributed by atoms with van der Waals surface area (Å²) in [5.74, 6) is -0.762. The smallest absolute Gasteiger partial charge is 0.268 e. The van der Waals surface area contributed by atoms with E-state index in [1.165, 1.54) is 18.3 Å². The van der Waals surface area contributed by atoms with Gasteiger partial charge in [0.15, 0.2) is 4.90 Å². The maximum absolute atomic E-state index is 14.1. The minimum Gasteiger partial charge on any atom is -0.326 e. The minimum atomic E-state index is -4.31. The summed E-state index contributed by atoms with van der Waals surface area (Å²) in [6.45, 7) is 0. The van der Waals surface area contributed by atoms with Crippen molar-refractivity contribution in [2.45, 2.75) is 4.90 Å². The third-order valence-electron chi connectivity index (χ3n) is 3.44. The van der Waals surface area contributed by atoms with Crippen LogP contribution in [0.3, 0.4) is 0 Å². The zero-order valence-corrected chi connectivity index (χ0v) is 14.2. The molecule has 0 saturated heterocycles. The van der Waals surface area contributed by atoms with Gasteiger partial charge in [-0.25, -0.2) is 12.8 Å². The van der Waals surface area contributed by atoms with Crippen molar-refractivity contribution in [2.75, 3.05) is 4.72 Å². The van der Waals surface area contributed by atoms with Gasteiger partial charge in [-0.1, -0.05) is 48.0 Å². The van der Waals surface area contributed by atoms with E-state index in [4.69, 9.17) is 11.6 Å². The number of aromatic amines is 1. The van der Waals surface area contributed by atoms with Crippen LogP contribution in [0.2, 0.25) is 5.02 Å². The number of H-pyrrole nitrogens is 1. The summed E-state index contributed by atoms with van der Waals surface area (Å²) in [4.78, 5) is 13.4. The summed E-state index contributed by atoms with van der Waals surface area (Å²) in [7, 11) is -4.31. The second-order valence-corrected chi connectivity index (χ2v) is 7.26. The fourth-order valence-corrected chi connectivity index (χ4v) is 3.62. The standard InChI is InChI=1S/C17H12ClFN2O3S/c18-13-9-16(17(22)20-10-13)25(23,24)21-15-8-12(6-7-14(15)19)11-4-2-1-3-5-11/h1-10,21H,(H,20,22). The van der Waals surface area contributed by atoms with E-state index < -0.39 is 26.3 Å². The molecule has 1 heterocycles. The van der Waals surface area contributed by atoms with Crippen LogP contribution in [0.1, 0.15) is 0 Å². The number of nitrogens with one attached hydrogen (secondary N) is 2. The molecule has 0 fully saturated rings. The lowest BCUT2D eigenvalue weighted by molar-refractivity contribution is 0.597. The van der Waals surface area contributed by atoms with Crippen molar-refractivity contribution in [3.05, 3.63) is 82.0 Å². The highest BCUT2D eigenvalue weighted by atomic mass is 35.5. The number of halogens is 2. The quantitative estimate of drug-likeness (QED) is 0.727. The van der Waals surface area contributed by atoms with Crippen LogP contribution in [0.5, 0.6) is 0 Å². The molecule has 2 aromatic carbocycles. The van der Waals surface area contributed by atoms with Gasteiger partial charge in [-0.15, -0.1) is 0 Å². The van der Waals surface area contributed by atoms with Gasteiger partial charge in [-0.05, 0) is 29.3 Å². The number of benzene rings is 2. The van der Waals surface area contributed by atoms with Crippen LogP contribution >= 0.6 is 11.6 Å². The van der Waals surface area contributed by atoms with Gasteiger partial charge in [-0.2, -0.15) is 0 Å². The van der Waals surface area contributed by atoms with E-state index in [0.717, 1.165) is 17.7 Å². The largest absolute Gasteiger partial charge is 0.326 e. The Morgan fingerprint density at radius 2 is 1.72 bits per heavy atom. The Balaban J connectivity index is 2.03. The van der Waals surface area contributed by atoms with Crippen molar-refractivity contribution in [2.24, 2.45) is 0 Å². The van der Waals surface area contributed by atoms with E-state index in [1.54, 1.807) is 0 Å². The van der Waals surface area contributed by atoms with Crippen molar-refractivity contribution in [3.8, 4) is 11.1 Å². The third-order valence-corrected chi connectivity index (χ3v) is 5.03. The fraction of sp³-hybridized carbons (Fsp3) is 0. The molecule has 2 N–H and O–H groups in total. The lowest BCUT2D eigenvalue weighted by Gasteiger charge is -2.10. The molecule has 3 aromatic rings. The van der Waals surface area contributed by atoms with Crippen LogP contribution in [0, 0.1) is 5.82 Å². The second kappa shape index (κ2) is 6.70. The maximum atomic E-state index is 14.1. The fourth-order valence-electron chi connectivity index (χ4n) is 2.25. The van der Waals surface area contributed by atoms with Gasteiger partial charge in [0, 0.05) is 6.20 Å². The zero-order chi connectivity index (χ0) is 18.0. The predicted molar refractivity (Wildman–Crippen MR) is 94.7 cm³/mol. The number of aromatic nitrogens is 1. The summed E-state index contributed by atoms with van der Waals surface area (Å²) >= 11 is 5.73. The Morgan fingerprint density at radius 3 is 2.44 bits per heavy atom. The lowest BCUT2D eigenvalue weighted by Crippen LogP contribution is -2.23. The van der Waals surface area contributed by atoms with Gasteiger partial charge in [0.05, 0.1) is 10.7 Å². The highest BCUT2D eigenvalue weighted by Crippen LogP contribution is 2.26. The Kier molecular flexibility index (Phi) is 4.61. The molecule has 25 heavy (non-hydrogen) atoms. The van der Waals surface area contributed by atoms with Gasteiger partial charge in [0.1, 0.15) is 5.82 Å². The number of hydrogen-bond acceptors (Lipinski definition) is 3. The predicted octanol–water partition coefficient (Wildman–Crippen LogP) is 3.64. The van der Waals surface area contributed by atoms with Crippen molar-refractivity contribution >= 4 is 27.3 Å². The van der Waals surface area contributed by atoms with Crippen LogP contribution in [-0.2, 0) is 10.0 Å². The molecule has 0 radical (unpaired) electrons. The van der Waals surface area contributed by atoms with Crippen molar-refractivity contribution in [1.29, 1.82) is 0 Å². The van der Waals surface area contributed by atoms with E-state index in [-0.39, 0.29) is 10.7 Å². The maximum Gasteiger partial charge on any atom is 0.268 e. The zero-order valence-electron chi connectivity index (χ0n) is 12.7. The van der Waals surface area contributed by atoms with Crippen LogP contribution in [0.15, 0.2) is 70.5 Å². The molecule has 0 bridgehead atoms. The van der Waals surface area contributed by atoms with Gasteiger partial charge in [0.2, 0.25) is 0 Å². The second-order valence-electron chi connectivity index (χ2n) is 5.18. The van der Waals surface area contributed by atoms with Gasteiger partial charge < -0.3 is 4.98 Å². The molecule has 0 aliphatic rings. The Bertz CT molecular complexity index is 1080. The first kappa shape index (κ1) is 17.2. The Labute approximate surface area is 148 Å². The number of hydrogen-bond donors (Lipinski definition) is 2. The molecular formula is C17H12ClFN2O3S. The summed E-state index contributed by atoms with van der Waals surface area (Å²) in [5, 5.41) is 0.0403. The van der Waals surface area contributed by atoms with E-state index in [9.17, 15) is 17.6 Å². The summed E-state index contributed by atoms with van der Waals surface area (Å²) in [6.07, 6.45) is 1.17. The molecule has 3 rings (SSSR count). The first-order valence-electron chi connectivity index (χ1n) is 7.13. The van der Waals surface area contributed by atoms with Crippen LogP contribution in [0.4, 0.5) is 10.1 Å². The Hall–Kier alpha value is -2.64. The SMILES string of the molecule is O=c1[nH]cc(Cl)cc1S(=O)(=O)Nc1cc(-c2ccccc2)ccc1F. The molecule has 0 unspecified atom stereocenters. The number of sulfonamides is 1. The summed E-state index contributed by atoms with van der Waals surface area (Å²) < 4.78 is 41.0. The van der Waals surface area contributed by atoms with Crippen LogP contribution < -0.4 is 10.3 Å². The molecule has 0 aliphatic heterocycles. The molecule has 0 amide bonds. The van der Waals surface area contributed by atoms with Crippen molar-refractivity contribution in [1.82, 2.24) is 4.98 Å². The first-order valence-corrected chi connectivity index (χ1v) is 8.99. The van der Waals surface area contributed by atoms with Gasteiger partial charge in [-0.3, -0.25) is 9.52 Å².